The quantitative estimate of drug-likeness (QED) is 0.209. The molecule has 2 aromatic rings. The fourth-order valence-corrected chi connectivity index (χ4v) is 16.4. The average molecular weight is 1240 g/mol. The zero-order chi connectivity index (χ0) is 45.2. The van der Waals surface area contributed by atoms with Crippen molar-refractivity contribution in [3.8, 4) is 17.6 Å². The van der Waals surface area contributed by atoms with E-state index in [2.05, 4.69) is 53.1 Å². The number of carbonyl (C=O) groups is 3. The van der Waals surface area contributed by atoms with E-state index in [9.17, 15) is 24.6 Å². The number of ether oxygens (including phenoxy) is 2. The Morgan fingerprint density at radius 1 is 0.606 bits per heavy atom. The highest BCUT2D eigenvalue weighted by atomic mass is 128. The summed E-state index contributed by atoms with van der Waals surface area (Å²) in [5.41, 5.74) is 5.59. The second-order valence-corrected chi connectivity index (χ2v) is 22.4. The van der Waals surface area contributed by atoms with Crippen LogP contribution in [0.2, 0.25) is 0 Å². The van der Waals surface area contributed by atoms with Crippen LogP contribution >= 0.6 is 61.2 Å². The molecule has 0 radical (unpaired) electrons. The molecule has 11 nitrogen and oxygen atoms in total. The van der Waals surface area contributed by atoms with Crippen LogP contribution in [0.15, 0.2) is 48.5 Å². The molecule has 10 atom stereocenters. The maximum atomic E-state index is 13.5. The summed E-state index contributed by atoms with van der Waals surface area (Å²) in [7, 11) is 0. The molecule has 0 aromatic heterocycles. The Bertz CT molecular complexity index is 2080. The van der Waals surface area contributed by atoms with Gasteiger partial charge >= 0.3 is 0 Å². The molecule has 4 aliphatic heterocycles. The lowest BCUT2D eigenvalue weighted by Crippen LogP contribution is -2.56. The summed E-state index contributed by atoms with van der Waals surface area (Å²) >= 11 is 4.24. The molecule has 8 aliphatic carbocycles. The van der Waals surface area contributed by atoms with Crippen molar-refractivity contribution in [1.29, 1.82) is 5.26 Å². The summed E-state index contributed by atoms with van der Waals surface area (Å²) in [6, 6.07) is 17.6. The number of primary amides is 1. The van der Waals surface area contributed by atoms with Crippen LogP contribution in [0.3, 0.4) is 0 Å². The third-order valence-corrected chi connectivity index (χ3v) is 18.4. The number of nitrogens with two attached hydrogens (primary N) is 1. The Balaban J connectivity index is 0.000000158. The first-order valence-corrected chi connectivity index (χ1v) is 31.1. The molecule has 6 unspecified atom stereocenters. The van der Waals surface area contributed by atoms with Gasteiger partial charge in [-0.05, 0) is 186 Å². The molecule has 3 amide bonds. The molecule has 2 aromatic carbocycles. The van der Waals surface area contributed by atoms with Gasteiger partial charge in [-0.15, -0.1) is 24.0 Å². The van der Waals surface area contributed by atoms with E-state index in [1.165, 1.54) is 25.7 Å². The molecule has 358 valence electrons. The summed E-state index contributed by atoms with van der Waals surface area (Å²) < 4.78 is 12.4. The fraction of sp³-hybridized carbons (Fsp3) is 0.692. The number of hydrogen-bond donors (Lipinski definition) is 3. The third kappa shape index (κ3) is 10.0. The van der Waals surface area contributed by atoms with Gasteiger partial charge in [0, 0.05) is 105 Å². The summed E-state index contributed by atoms with van der Waals surface area (Å²) in [4.78, 5) is 42.6. The van der Waals surface area contributed by atoms with Crippen LogP contribution in [0.1, 0.15) is 144 Å². The average Bonchev–Trinajstić information content (AvgIpc) is 3.71. The van der Waals surface area contributed by atoms with Crippen LogP contribution in [-0.2, 0) is 9.59 Å². The first-order valence-electron chi connectivity index (χ1n) is 24.8. The molecule has 14 rings (SSSR count). The third-order valence-electron chi connectivity index (χ3n) is 18.4. The van der Waals surface area contributed by atoms with Crippen molar-refractivity contribution in [2.75, 3.05) is 0 Å². The van der Waals surface area contributed by atoms with Gasteiger partial charge in [0.1, 0.15) is 23.7 Å². The van der Waals surface area contributed by atoms with Crippen LogP contribution in [-0.4, -0.2) is 85.3 Å². The Hall–Kier alpha value is -1.95. The molecule has 66 heavy (non-hydrogen) atoms. The Labute approximate surface area is 430 Å². The number of hydrogen-bond acceptors (Lipinski definition) is 8. The van der Waals surface area contributed by atoms with Crippen LogP contribution in [0.25, 0.3) is 0 Å². The lowest BCUT2D eigenvalue weighted by Gasteiger charge is -2.58. The van der Waals surface area contributed by atoms with Gasteiger partial charge in [0.2, 0.25) is 17.7 Å². The zero-order valence-corrected chi connectivity index (χ0v) is 44.5. The van der Waals surface area contributed by atoms with Crippen molar-refractivity contribution in [2.45, 2.75) is 176 Å². The van der Waals surface area contributed by atoms with Gasteiger partial charge in [-0.1, -0.05) is 0 Å². The number of benzene rings is 2. The Morgan fingerprint density at radius 3 is 1.27 bits per heavy atom. The van der Waals surface area contributed by atoms with E-state index in [1.807, 2.05) is 12.1 Å². The predicted octanol–water partition coefficient (Wildman–Crippen LogP) is 9.69. The summed E-state index contributed by atoms with van der Waals surface area (Å²) in [6.07, 6.45) is 20.0. The summed E-state index contributed by atoms with van der Waals surface area (Å²) in [6.45, 7) is 0. The smallest absolute Gasteiger partial charge is 0.248 e. The predicted molar refractivity (Wildman–Crippen MR) is 277 cm³/mol. The number of fused-ring (bicyclic) bond motifs is 4. The van der Waals surface area contributed by atoms with Crippen molar-refractivity contribution >= 4 is 78.9 Å². The van der Waals surface area contributed by atoms with E-state index in [0.717, 1.165) is 101 Å². The molecule has 8 saturated carbocycles. The molecular formula is C52H67I3N4O7. The number of rotatable bonds is 9. The van der Waals surface area contributed by atoms with Gasteiger partial charge in [0.25, 0.3) is 0 Å². The van der Waals surface area contributed by atoms with Gasteiger partial charge in [-0.2, -0.15) is 5.26 Å². The molecule has 12 bridgehead atoms. The van der Waals surface area contributed by atoms with Crippen LogP contribution < -0.4 is 15.2 Å². The largest absolute Gasteiger partial charge is 0.490 e. The van der Waals surface area contributed by atoms with Crippen molar-refractivity contribution in [1.82, 2.24) is 9.80 Å². The summed E-state index contributed by atoms with van der Waals surface area (Å²) in [5.74, 6) is 6.34. The van der Waals surface area contributed by atoms with Crippen molar-refractivity contribution < 1.29 is 34.1 Å². The highest BCUT2D eigenvalue weighted by Crippen LogP contribution is 2.61. The number of carbonyl (C=O) groups excluding carboxylic acids is 3. The van der Waals surface area contributed by atoms with E-state index >= 15 is 0 Å². The monoisotopic (exact) mass is 1240 g/mol. The normalized spacial score (nSPS) is 40.2. The van der Waals surface area contributed by atoms with Crippen LogP contribution in [0.4, 0.5) is 0 Å². The Kier molecular flexibility index (Phi) is 14.9. The van der Waals surface area contributed by atoms with Gasteiger partial charge in [0.15, 0.2) is 0 Å². The first kappa shape index (κ1) is 49.0. The molecular weight excluding hydrogens is 1170 g/mol. The van der Waals surface area contributed by atoms with E-state index in [1.54, 1.807) is 36.4 Å². The highest BCUT2D eigenvalue weighted by molar-refractivity contribution is 15.0. The fourth-order valence-electron chi connectivity index (χ4n) is 16.4. The molecule has 4 N–H and O–H groups in total. The minimum atomic E-state index is -0.435. The van der Waals surface area contributed by atoms with E-state index in [0.29, 0.717) is 95.2 Å². The first-order chi connectivity index (χ1) is 31.4. The zero-order valence-electron chi connectivity index (χ0n) is 37.9. The minimum Gasteiger partial charge on any atom is -0.490 e. The molecule has 12 fully saturated rings. The second-order valence-electron chi connectivity index (χ2n) is 22.4. The Morgan fingerprint density at radius 2 is 0.955 bits per heavy atom. The van der Waals surface area contributed by atoms with Crippen molar-refractivity contribution in [2.24, 2.45) is 53.1 Å². The van der Waals surface area contributed by atoms with Crippen molar-refractivity contribution in [3.63, 3.8) is 0 Å². The molecule has 14 heteroatoms. The maximum Gasteiger partial charge on any atom is 0.248 e. The van der Waals surface area contributed by atoms with E-state index in [4.69, 9.17) is 20.5 Å². The van der Waals surface area contributed by atoms with Gasteiger partial charge in [0.05, 0.1) is 22.8 Å². The lowest BCUT2D eigenvalue weighted by atomic mass is 9.49. The van der Waals surface area contributed by atoms with Gasteiger partial charge in [-0.3, -0.25) is 14.4 Å². The van der Waals surface area contributed by atoms with Gasteiger partial charge < -0.3 is 35.2 Å². The van der Waals surface area contributed by atoms with E-state index < -0.39 is 17.1 Å². The highest BCUT2D eigenvalue weighted by Gasteiger charge is 2.57. The van der Waals surface area contributed by atoms with E-state index in [-0.39, 0.29) is 48.3 Å². The minimum absolute atomic E-state index is 0. The number of nitrogens with zero attached hydrogens (tertiary/aromatic N) is 3. The maximum absolute atomic E-state index is 13.5. The van der Waals surface area contributed by atoms with Crippen molar-refractivity contribution in [3.05, 3.63) is 59.7 Å². The molecule has 4 saturated heterocycles. The summed E-state index contributed by atoms with van der Waals surface area (Å²) in [5, 5.41) is 30.7. The number of halogens is 3. The molecule has 4 heterocycles. The second kappa shape index (κ2) is 20.0. The SMILES string of the molecule is I.II.N#Cc1ccc(OC2C[C@H]3CC[C@@H](C2)N3C(=O)CC2C3CC4CC2CC(O)(C4)C3)cc1.NC(=O)c1ccc(OC2C[C@H]3CC[C@@H](C2)N3C(=O)CC2C3CC4CC2CC(O)(C4)C3)cc1. The van der Waals surface area contributed by atoms with Gasteiger partial charge in [-0.25, -0.2) is 0 Å². The number of piperidine rings is 2. The molecule has 0 spiro atoms. The number of aliphatic hydroxyl groups is 2. The lowest BCUT2D eigenvalue weighted by molar-refractivity contribution is -0.162. The number of amides is 3. The van der Waals surface area contributed by atoms with Crippen LogP contribution in [0.5, 0.6) is 11.5 Å². The van der Waals surface area contributed by atoms with Crippen LogP contribution in [0, 0.1) is 58.7 Å². The molecule has 12 aliphatic rings. The number of nitriles is 1. The standard InChI is InChI=1S/C26H34N2O4.C26H32N2O3.I2.HI/c27-25(30)16-1-5-21(6-2-16)32-22-9-19-3-4-20(10-22)28(19)24(29)11-23-17-7-15-8-18(23)14-26(31,12-15)13-17;27-15-16-1-5-22(6-2-16)31-23-9-20-3-4-21(10-23)28(20)25(29)11-24-18-7-17-8-19(24)14-26(30,12-17)13-18;1-2;/h1-2,5-6,15,17-20,22-23,31H,3-4,7-14H2,(H2,27,30);1-2,5-6,17-21,23-24,30H,3-4,7-14H2;;1H/t15?,17?,18?,19-,20+,22?,23?,26?;17?,18?,19?,20-,21+,23?,24?,26?;;. The topological polar surface area (TPSA) is 166 Å².